The van der Waals surface area contributed by atoms with Crippen LogP contribution in [0.2, 0.25) is 0 Å². The van der Waals surface area contributed by atoms with Gasteiger partial charge in [0, 0.05) is 61.8 Å². The van der Waals surface area contributed by atoms with Gasteiger partial charge >= 0.3 is 0 Å². The van der Waals surface area contributed by atoms with Gasteiger partial charge in [-0.15, -0.1) is 0 Å². The van der Waals surface area contributed by atoms with Crippen LogP contribution in [0.25, 0.3) is 0 Å². The van der Waals surface area contributed by atoms with Crippen molar-refractivity contribution in [3.05, 3.63) is 54.1 Å². The molecule has 1 aliphatic rings. The minimum absolute atomic E-state index is 0.0276. The zero-order chi connectivity index (χ0) is 19.9. The Hall–Kier alpha value is -2.86. The fourth-order valence-corrected chi connectivity index (χ4v) is 3.19. The summed E-state index contributed by atoms with van der Waals surface area (Å²) >= 11 is 0. The number of benzene rings is 2. The Morgan fingerprint density at radius 2 is 1.50 bits per heavy atom. The first-order valence-corrected chi connectivity index (χ1v) is 9.69. The van der Waals surface area contributed by atoms with Crippen LogP contribution in [0.3, 0.4) is 0 Å². The smallest absolute Gasteiger partial charge is 0.226 e. The quantitative estimate of drug-likeness (QED) is 0.723. The molecule has 3 rings (SSSR count). The molecule has 2 aromatic carbocycles. The fraction of sp³-hybridized carbons (Fsp3) is 0.364. The van der Waals surface area contributed by atoms with Gasteiger partial charge in [0.2, 0.25) is 5.91 Å². The molecule has 1 heterocycles. The summed E-state index contributed by atoms with van der Waals surface area (Å²) in [7, 11) is 2.14. The Bertz CT molecular complexity index is 794. The van der Waals surface area contributed by atoms with Crippen LogP contribution in [0.15, 0.2) is 48.5 Å². The van der Waals surface area contributed by atoms with Gasteiger partial charge < -0.3 is 20.4 Å². The Labute approximate surface area is 166 Å². The van der Waals surface area contributed by atoms with Crippen LogP contribution in [-0.2, 0) is 4.79 Å². The summed E-state index contributed by atoms with van der Waals surface area (Å²) in [6, 6.07) is 15.3. The van der Waals surface area contributed by atoms with Crippen molar-refractivity contribution in [1.82, 2.24) is 4.90 Å². The number of Topliss-reactive ketones (excluding diaryl/α,β-unsaturated/α-hetero) is 1. The molecule has 1 saturated heterocycles. The average Bonchev–Trinajstić information content (AvgIpc) is 2.70. The van der Waals surface area contributed by atoms with E-state index in [1.807, 2.05) is 24.3 Å². The Morgan fingerprint density at radius 3 is 2.11 bits per heavy atom. The Balaban J connectivity index is 1.42. The van der Waals surface area contributed by atoms with E-state index >= 15 is 0 Å². The number of nitrogens with zero attached hydrogens (tertiary/aromatic N) is 2. The van der Waals surface area contributed by atoms with E-state index in [1.54, 1.807) is 19.1 Å². The third-order valence-electron chi connectivity index (χ3n) is 4.99. The number of carbonyl (C=O) groups excluding carboxylic acids is 2. The second kappa shape index (κ2) is 9.37. The lowest BCUT2D eigenvalue weighted by Gasteiger charge is -2.34. The molecule has 1 fully saturated rings. The first kappa shape index (κ1) is 19.9. The SMILES string of the molecule is CC(=O)c1ccc(NCCC(=O)Nc2ccc(N3CCN(C)CC3)cc2)cc1. The third-order valence-corrected chi connectivity index (χ3v) is 4.99. The lowest BCUT2D eigenvalue weighted by molar-refractivity contribution is -0.115. The van der Waals surface area contributed by atoms with E-state index in [0.717, 1.165) is 37.6 Å². The summed E-state index contributed by atoms with van der Waals surface area (Å²) in [5.74, 6) is 0.0183. The maximum Gasteiger partial charge on any atom is 0.226 e. The van der Waals surface area contributed by atoms with Gasteiger partial charge in [-0.25, -0.2) is 0 Å². The van der Waals surface area contributed by atoms with Crippen LogP contribution in [0, 0.1) is 0 Å². The van der Waals surface area contributed by atoms with Crippen LogP contribution in [0.1, 0.15) is 23.7 Å². The maximum atomic E-state index is 12.2. The van der Waals surface area contributed by atoms with Gasteiger partial charge in [0.05, 0.1) is 0 Å². The summed E-state index contributed by atoms with van der Waals surface area (Å²) in [6.07, 6.45) is 0.370. The van der Waals surface area contributed by atoms with Crippen LogP contribution >= 0.6 is 0 Å². The van der Waals surface area contributed by atoms with E-state index in [9.17, 15) is 9.59 Å². The number of nitrogens with one attached hydrogen (secondary N) is 2. The maximum absolute atomic E-state index is 12.2. The van der Waals surface area contributed by atoms with E-state index in [1.165, 1.54) is 5.69 Å². The fourth-order valence-electron chi connectivity index (χ4n) is 3.19. The highest BCUT2D eigenvalue weighted by Crippen LogP contribution is 2.19. The second-order valence-electron chi connectivity index (χ2n) is 7.20. The van der Waals surface area contributed by atoms with Crippen LogP contribution in [0.4, 0.5) is 17.1 Å². The second-order valence-corrected chi connectivity index (χ2v) is 7.20. The highest BCUT2D eigenvalue weighted by atomic mass is 16.1. The van der Waals surface area contributed by atoms with Gasteiger partial charge in [-0.2, -0.15) is 0 Å². The molecule has 2 N–H and O–H groups in total. The Morgan fingerprint density at radius 1 is 0.893 bits per heavy atom. The van der Waals surface area contributed by atoms with Gasteiger partial charge in [-0.05, 0) is 62.5 Å². The van der Waals surface area contributed by atoms with Gasteiger partial charge in [-0.1, -0.05) is 0 Å². The Kier molecular flexibility index (Phi) is 6.66. The molecule has 148 valence electrons. The van der Waals surface area contributed by atoms with E-state index < -0.39 is 0 Å². The van der Waals surface area contributed by atoms with Crippen molar-refractivity contribution in [2.24, 2.45) is 0 Å². The molecule has 0 aromatic heterocycles. The highest BCUT2D eigenvalue weighted by molar-refractivity contribution is 5.94. The van der Waals surface area contributed by atoms with Crippen molar-refractivity contribution in [3.63, 3.8) is 0 Å². The normalized spacial score (nSPS) is 14.6. The first-order valence-electron chi connectivity index (χ1n) is 9.69. The van der Waals surface area contributed by atoms with Crippen LogP contribution in [-0.4, -0.2) is 56.4 Å². The lowest BCUT2D eigenvalue weighted by atomic mass is 10.1. The number of rotatable bonds is 7. The van der Waals surface area contributed by atoms with Crippen molar-refractivity contribution >= 4 is 28.8 Å². The van der Waals surface area contributed by atoms with Gasteiger partial charge in [-0.3, -0.25) is 9.59 Å². The number of likely N-dealkylation sites (N-methyl/N-ethyl adjacent to an activating group) is 1. The molecule has 6 heteroatoms. The topological polar surface area (TPSA) is 64.7 Å². The first-order chi connectivity index (χ1) is 13.5. The number of amides is 1. The van der Waals surface area contributed by atoms with Crippen LogP contribution < -0.4 is 15.5 Å². The molecule has 0 spiro atoms. The van der Waals surface area contributed by atoms with Crippen molar-refractivity contribution in [2.75, 3.05) is 55.3 Å². The summed E-state index contributed by atoms with van der Waals surface area (Å²) in [5, 5.41) is 6.14. The molecule has 0 radical (unpaired) electrons. The number of anilines is 3. The van der Waals surface area contributed by atoms with Crippen molar-refractivity contribution in [1.29, 1.82) is 0 Å². The minimum Gasteiger partial charge on any atom is -0.385 e. The summed E-state index contributed by atoms with van der Waals surface area (Å²) in [6.45, 7) is 6.28. The molecule has 1 aliphatic heterocycles. The van der Waals surface area contributed by atoms with E-state index in [-0.39, 0.29) is 11.7 Å². The predicted octanol–water partition coefficient (Wildman–Crippen LogP) is 3.08. The number of hydrogen-bond donors (Lipinski definition) is 2. The molecule has 2 aromatic rings. The number of hydrogen-bond acceptors (Lipinski definition) is 5. The summed E-state index contributed by atoms with van der Waals surface area (Å²) in [4.78, 5) is 28.1. The molecule has 0 atom stereocenters. The van der Waals surface area contributed by atoms with Gasteiger partial charge in [0.1, 0.15) is 0 Å². The summed E-state index contributed by atoms with van der Waals surface area (Å²) < 4.78 is 0. The molecule has 0 bridgehead atoms. The number of ketones is 1. The molecule has 0 saturated carbocycles. The predicted molar refractivity (Wildman–Crippen MR) is 114 cm³/mol. The molecule has 0 unspecified atom stereocenters. The van der Waals surface area contributed by atoms with Crippen LogP contribution in [0.5, 0.6) is 0 Å². The molecule has 1 amide bonds. The number of carbonyl (C=O) groups is 2. The van der Waals surface area contributed by atoms with E-state index in [4.69, 9.17) is 0 Å². The summed E-state index contributed by atoms with van der Waals surface area (Å²) in [5.41, 5.74) is 3.59. The monoisotopic (exact) mass is 380 g/mol. The zero-order valence-corrected chi connectivity index (χ0v) is 16.6. The van der Waals surface area contributed by atoms with E-state index in [2.05, 4.69) is 39.6 Å². The highest BCUT2D eigenvalue weighted by Gasteiger charge is 2.14. The molecule has 6 nitrogen and oxygen atoms in total. The third kappa shape index (κ3) is 5.57. The van der Waals surface area contributed by atoms with Gasteiger partial charge in [0.25, 0.3) is 0 Å². The van der Waals surface area contributed by atoms with Crippen molar-refractivity contribution < 1.29 is 9.59 Å². The minimum atomic E-state index is -0.0276. The largest absolute Gasteiger partial charge is 0.385 e. The average molecular weight is 380 g/mol. The molecule has 0 aliphatic carbocycles. The lowest BCUT2D eigenvalue weighted by Crippen LogP contribution is -2.44. The van der Waals surface area contributed by atoms with Crippen molar-refractivity contribution in [2.45, 2.75) is 13.3 Å². The standard InChI is InChI=1S/C22H28N4O2/c1-17(27)18-3-5-19(6-4-18)23-12-11-22(28)24-20-7-9-21(10-8-20)26-15-13-25(2)14-16-26/h3-10,23H,11-16H2,1-2H3,(H,24,28). The zero-order valence-electron chi connectivity index (χ0n) is 16.6. The van der Waals surface area contributed by atoms with Crippen molar-refractivity contribution in [3.8, 4) is 0 Å². The molecule has 28 heavy (non-hydrogen) atoms. The van der Waals surface area contributed by atoms with Gasteiger partial charge in [0.15, 0.2) is 5.78 Å². The molecular weight excluding hydrogens is 352 g/mol. The van der Waals surface area contributed by atoms with E-state index in [0.29, 0.717) is 18.5 Å². The number of piperazine rings is 1. The molecular formula is C22H28N4O2.